The van der Waals surface area contributed by atoms with Crippen LogP contribution in [-0.4, -0.2) is 31.0 Å². The van der Waals surface area contributed by atoms with Gasteiger partial charge < -0.3 is 14.6 Å². The second-order valence-electron chi connectivity index (χ2n) is 7.75. The number of hydrogen-bond acceptors (Lipinski definition) is 5. The number of Topliss-reactive ketones (excluding diaryl/α,β-unsaturated/α-hetero) is 1. The Balaban J connectivity index is 2.01. The largest absolute Gasteiger partial charge is 0.507 e. The van der Waals surface area contributed by atoms with Crippen LogP contribution in [0.15, 0.2) is 66.2 Å². The average Bonchev–Trinajstić information content (AvgIpc) is 3.09. The third-order valence-electron chi connectivity index (χ3n) is 5.63. The van der Waals surface area contributed by atoms with Crippen molar-refractivity contribution in [3.63, 3.8) is 0 Å². The number of anilines is 1. The fraction of sp³-hybridized carbons (Fsp3) is 0.154. The van der Waals surface area contributed by atoms with Crippen molar-refractivity contribution >= 4 is 46.3 Å². The van der Waals surface area contributed by atoms with Crippen molar-refractivity contribution in [3.05, 3.63) is 93.0 Å². The zero-order chi connectivity index (χ0) is 24.6. The molecule has 6 nitrogen and oxygen atoms in total. The summed E-state index contributed by atoms with van der Waals surface area (Å²) < 4.78 is 10.7. The molecule has 1 unspecified atom stereocenters. The monoisotopic (exact) mass is 497 g/mol. The maximum atomic E-state index is 13.3. The molecule has 3 aromatic rings. The lowest BCUT2D eigenvalue weighted by Gasteiger charge is -2.26. The van der Waals surface area contributed by atoms with E-state index in [1.165, 1.54) is 31.3 Å². The maximum absolute atomic E-state index is 13.3. The van der Waals surface area contributed by atoms with E-state index in [9.17, 15) is 14.7 Å². The van der Waals surface area contributed by atoms with Crippen LogP contribution in [0.3, 0.4) is 0 Å². The number of carbonyl (C=O) groups is 2. The summed E-state index contributed by atoms with van der Waals surface area (Å²) in [6.45, 7) is 1.92. The summed E-state index contributed by atoms with van der Waals surface area (Å²) in [5.41, 5.74) is 2.07. The minimum atomic E-state index is -0.930. The lowest BCUT2D eigenvalue weighted by atomic mass is 9.94. The van der Waals surface area contributed by atoms with Crippen LogP contribution < -0.4 is 14.4 Å². The van der Waals surface area contributed by atoms with Gasteiger partial charge in [0.25, 0.3) is 11.7 Å². The molecule has 0 aliphatic carbocycles. The van der Waals surface area contributed by atoms with Gasteiger partial charge in [0, 0.05) is 10.7 Å². The van der Waals surface area contributed by atoms with Gasteiger partial charge in [-0.15, -0.1) is 0 Å². The van der Waals surface area contributed by atoms with Crippen molar-refractivity contribution < 1.29 is 24.2 Å². The Labute approximate surface area is 206 Å². The molecule has 0 saturated carbocycles. The zero-order valence-corrected chi connectivity index (χ0v) is 20.1. The van der Waals surface area contributed by atoms with Gasteiger partial charge in [0.05, 0.1) is 36.4 Å². The van der Waals surface area contributed by atoms with Gasteiger partial charge in [0.2, 0.25) is 0 Å². The maximum Gasteiger partial charge on any atom is 0.300 e. The fourth-order valence-corrected chi connectivity index (χ4v) is 4.59. The molecule has 1 amide bonds. The van der Waals surface area contributed by atoms with E-state index in [1.807, 2.05) is 19.1 Å². The van der Waals surface area contributed by atoms with E-state index in [2.05, 4.69) is 0 Å². The number of ether oxygens (including phenoxy) is 2. The molecule has 3 aromatic carbocycles. The average molecular weight is 498 g/mol. The first kappa shape index (κ1) is 23.7. The van der Waals surface area contributed by atoms with Crippen LogP contribution in [0.2, 0.25) is 10.0 Å². The van der Waals surface area contributed by atoms with Crippen molar-refractivity contribution in [2.45, 2.75) is 13.0 Å². The van der Waals surface area contributed by atoms with Gasteiger partial charge in [0.15, 0.2) is 0 Å². The Bertz CT molecular complexity index is 1320. The highest BCUT2D eigenvalue weighted by atomic mass is 35.5. The van der Waals surface area contributed by atoms with Crippen LogP contribution in [-0.2, 0) is 9.59 Å². The van der Waals surface area contributed by atoms with Crippen LogP contribution in [0.1, 0.15) is 22.7 Å². The molecule has 8 heteroatoms. The number of hydrogen-bond donors (Lipinski definition) is 1. The number of carbonyl (C=O) groups excluding carboxylic acids is 2. The van der Waals surface area contributed by atoms with Crippen molar-refractivity contribution in [2.75, 3.05) is 19.1 Å². The first-order chi connectivity index (χ1) is 16.3. The summed E-state index contributed by atoms with van der Waals surface area (Å²) in [5.74, 6) is -1.39. The Kier molecular flexibility index (Phi) is 6.55. The van der Waals surface area contributed by atoms with Crippen molar-refractivity contribution in [1.82, 2.24) is 0 Å². The number of aliphatic hydroxyl groups excluding tert-OH is 1. The van der Waals surface area contributed by atoms with Gasteiger partial charge >= 0.3 is 0 Å². The number of nitrogens with zero attached hydrogens (tertiary/aromatic N) is 1. The quantitative estimate of drug-likeness (QED) is 0.268. The molecule has 1 heterocycles. The standard InChI is InChI=1S/C26H21Cl2NO5/c1-14-7-9-17(10-8-14)29-22(15-5-4-6-18(11-15)33-2)21(24(31)26(29)32)23(30)19-12-16(27)13-20(28)25(19)34-3/h4-13,22,30H,1-3H3/b23-21+. The van der Waals surface area contributed by atoms with E-state index in [4.69, 9.17) is 32.7 Å². The summed E-state index contributed by atoms with van der Waals surface area (Å²) in [6, 6.07) is 16.1. The molecule has 0 aromatic heterocycles. The molecule has 1 N–H and O–H groups in total. The number of rotatable bonds is 5. The van der Waals surface area contributed by atoms with E-state index in [0.29, 0.717) is 17.0 Å². The predicted molar refractivity (Wildman–Crippen MR) is 132 cm³/mol. The summed E-state index contributed by atoms with van der Waals surface area (Å²) in [7, 11) is 2.91. The minimum absolute atomic E-state index is 0.106. The number of halogens is 2. The van der Waals surface area contributed by atoms with E-state index in [-0.39, 0.29) is 26.9 Å². The van der Waals surface area contributed by atoms with Crippen LogP contribution in [0.4, 0.5) is 5.69 Å². The fourth-order valence-electron chi connectivity index (χ4n) is 4.02. The molecule has 0 bridgehead atoms. The summed E-state index contributed by atoms with van der Waals surface area (Å²) in [5, 5.41) is 11.8. The van der Waals surface area contributed by atoms with E-state index in [0.717, 1.165) is 5.56 Å². The normalized spacial score (nSPS) is 17.2. The van der Waals surface area contributed by atoms with Crippen LogP contribution in [0, 0.1) is 6.92 Å². The Morgan fingerprint density at radius 1 is 0.971 bits per heavy atom. The Morgan fingerprint density at radius 2 is 1.68 bits per heavy atom. The highest BCUT2D eigenvalue weighted by Crippen LogP contribution is 2.45. The van der Waals surface area contributed by atoms with Crippen molar-refractivity contribution in [2.24, 2.45) is 0 Å². The predicted octanol–water partition coefficient (Wildman–Crippen LogP) is 5.95. The second kappa shape index (κ2) is 9.41. The van der Waals surface area contributed by atoms with Gasteiger partial charge in [-0.25, -0.2) is 0 Å². The molecule has 4 rings (SSSR count). The lowest BCUT2D eigenvalue weighted by Crippen LogP contribution is -2.29. The van der Waals surface area contributed by atoms with Crippen molar-refractivity contribution in [1.29, 1.82) is 0 Å². The number of ketones is 1. The smallest absolute Gasteiger partial charge is 0.300 e. The molecule has 1 aliphatic heterocycles. The van der Waals surface area contributed by atoms with Gasteiger partial charge in [0.1, 0.15) is 17.3 Å². The number of benzene rings is 3. The molecular weight excluding hydrogens is 477 g/mol. The SMILES string of the molecule is COc1cccc(C2/C(=C(\O)c3cc(Cl)cc(Cl)c3OC)C(=O)C(=O)N2c2ccc(C)cc2)c1. The van der Waals surface area contributed by atoms with E-state index >= 15 is 0 Å². The molecule has 1 fully saturated rings. The highest BCUT2D eigenvalue weighted by Gasteiger charge is 2.47. The van der Waals surface area contributed by atoms with E-state index < -0.39 is 23.5 Å². The number of methoxy groups -OCH3 is 2. The molecule has 34 heavy (non-hydrogen) atoms. The Morgan fingerprint density at radius 3 is 2.32 bits per heavy atom. The van der Waals surface area contributed by atoms with Crippen LogP contribution >= 0.6 is 23.2 Å². The summed E-state index contributed by atoms with van der Waals surface area (Å²) >= 11 is 12.4. The highest BCUT2D eigenvalue weighted by molar-refractivity contribution is 6.52. The molecule has 174 valence electrons. The van der Waals surface area contributed by atoms with Crippen LogP contribution in [0.25, 0.3) is 5.76 Å². The molecule has 1 aliphatic rings. The molecule has 1 atom stereocenters. The molecule has 1 saturated heterocycles. The number of amides is 1. The van der Waals surface area contributed by atoms with Crippen molar-refractivity contribution in [3.8, 4) is 11.5 Å². The summed E-state index contributed by atoms with van der Waals surface area (Å²) in [6.07, 6.45) is 0. The third-order valence-corrected chi connectivity index (χ3v) is 6.13. The van der Waals surface area contributed by atoms with E-state index in [1.54, 1.807) is 36.4 Å². The van der Waals surface area contributed by atoms with Gasteiger partial charge in [-0.3, -0.25) is 14.5 Å². The molecular formula is C26H21Cl2NO5. The number of aliphatic hydroxyl groups is 1. The minimum Gasteiger partial charge on any atom is -0.507 e. The topological polar surface area (TPSA) is 76.1 Å². The molecule has 0 radical (unpaired) electrons. The lowest BCUT2D eigenvalue weighted by molar-refractivity contribution is -0.132. The first-order valence-corrected chi connectivity index (χ1v) is 11.1. The van der Waals surface area contributed by atoms with Gasteiger partial charge in [-0.05, 0) is 48.9 Å². The third kappa shape index (κ3) is 4.11. The number of aryl methyl sites for hydroxylation is 1. The summed E-state index contributed by atoms with van der Waals surface area (Å²) in [4.78, 5) is 28.0. The molecule has 0 spiro atoms. The van der Waals surface area contributed by atoms with Crippen LogP contribution in [0.5, 0.6) is 11.5 Å². The van der Waals surface area contributed by atoms with Gasteiger partial charge in [-0.2, -0.15) is 0 Å². The Hall–Kier alpha value is -3.48. The first-order valence-electron chi connectivity index (χ1n) is 10.3. The second-order valence-corrected chi connectivity index (χ2v) is 8.59. The van der Waals surface area contributed by atoms with Gasteiger partial charge in [-0.1, -0.05) is 53.0 Å². The zero-order valence-electron chi connectivity index (χ0n) is 18.6.